The minimum Gasteiger partial charge on any atom is -0.508 e. The Balaban J connectivity index is 2.39. The number of imidazole rings is 1. The van der Waals surface area contributed by atoms with E-state index in [-0.39, 0.29) is 11.4 Å². The molecule has 2 N–H and O–H groups in total. The highest BCUT2D eigenvalue weighted by Crippen LogP contribution is 2.26. The maximum atomic E-state index is 11.3. The number of aromatic carboxylic acids is 1. The maximum absolute atomic E-state index is 11.3. The largest absolute Gasteiger partial charge is 0.508 e. The number of aromatic hydroxyl groups is 1. The van der Waals surface area contributed by atoms with Gasteiger partial charge in [-0.25, -0.2) is 9.78 Å². The summed E-state index contributed by atoms with van der Waals surface area (Å²) < 4.78 is 1.78. The highest BCUT2D eigenvalue weighted by molar-refractivity contribution is 5.95. The zero-order valence-corrected chi connectivity index (χ0v) is 10.7. The molecule has 3 rings (SSSR count). The lowest BCUT2D eigenvalue weighted by molar-refractivity contribution is 0.0693. The van der Waals surface area contributed by atoms with E-state index >= 15 is 0 Å². The van der Waals surface area contributed by atoms with Crippen molar-refractivity contribution < 1.29 is 15.0 Å². The summed E-state index contributed by atoms with van der Waals surface area (Å²) in [4.78, 5) is 15.5. The van der Waals surface area contributed by atoms with Gasteiger partial charge in [-0.1, -0.05) is 18.2 Å². The molecule has 0 unspecified atom stereocenters. The van der Waals surface area contributed by atoms with Crippen LogP contribution in [0, 0.1) is 6.92 Å². The second-order valence-corrected chi connectivity index (χ2v) is 4.53. The summed E-state index contributed by atoms with van der Waals surface area (Å²) >= 11 is 0. The van der Waals surface area contributed by atoms with E-state index in [9.17, 15) is 15.0 Å². The van der Waals surface area contributed by atoms with Crippen molar-refractivity contribution in [3.05, 3.63) is 53.9 Å². The van der Waals surface area contributed by atoms with Gasteiger partial charge in [0.05, 0.1) is 5.52 Å². The monoisotopic (exact) mass is 268 g/mol. The van der Waals surface area contributed by atoms with Crippen molar-refractivity contribution in [3.63, 3.8) is 0 Å². The van der Waals surface area contributed by atoms with Crippen molar-refractivity contribution in [2.45, 2.75) is 6.92 Å². The maximum Gasteiger partial charge on any atom is 0.356 e. The number of nitrogens with zero attached hydrogens (tertiary/aromatic N) is 2. The predicted octanol–water partition coefficient (Wildman–Crippen LogP) is 2.71. The van der Waals surface area contributed by atoms with Crippen molar-refractivity contribution in [2.75, 3.05) is 0 Å². The van der Waals surface area contributed by atoms with Crippen LogP contribution in [-0.2, 0) is 0 Å². The van der Waals surface area contributed by atoms with Crippen LogP contribution in [0.3, 0.4) is 0 Å². The molecule has 0 amide bonds. The number of carbonyl (C=O) groups is 1. The first-order valence-electron chi connectivity index (χ1n) is 6.08. The Hall–Kier alpha value is -2.82. The normalized spacial score (nSPS) is 10.8. The Bertz CT molecular complexity index is 821. The standard InChI is InChI=1S/C15H12N2O3/c1-9-4-2-7-12-13(15(19)20)16-14(17(9)12)10-5-3-6-11(18)8-10/h2-8,18H,1H3,(H,19,20). The number of phenols is 1. The third-order valence-corrected chi connectivity index (χ3v) is 3.16. The molecule has 0 saturated carbocycles. The van der Waals surface area contributed by atoms with Gasteiger partial charge in [-0.15, -0.1) is 0 Å². The van der Waals surface area contributed by atoms with Gasteiger partial charge in [0.1, 0.15) is 11.6 Å². The fourth-order valence-corrected chi connectivity index (χ4v) is 2.29. The first-order valence-corrected chi connectivity index (χ1v) is 6.08. The molecule has 2 heterocycles. The number of hydrogen-bond donors (Lipinski definition) is 2. The van der Waals surface area contributed by atoms with Gasteiger partial charge in [0.25, 0.3) is 0 Å². The number of benzene rings is 1. The van der Waals surface area contributed by atoms with E-state index in [4.69, 9.17) is 0 Å². The molecule has 0 aliphatic heterocycles. The molecule has 3 aromatic rings. The number of phenolic OH excluding ortho intramolecular Hbond substituents is 1. The average molecular weight is 268 g/mol. The second-order valence-electron chi connectivity index (χ2n) is 4.53. The van der Waals surface area contributed by atoms with Crippen molar-refractivity contribution in [1.82, 2.24) is 9.38 Å². The summed E-state index contributed by atoms with van der Waals surface area (Å²) in [5.41, 5.74) is 2.09. The van der Waals surface area contributed by atoms with Crippen molar-refractivity contribution in [2.24, 2.45) is 0 Å². The Labute approximate surface area is 114 Å². The number of hydrogen-bond acceptors (Lipinski definition) is 3. The molecule has 0 fully saturated rings. The molecular weight excluding hydrogens is 256 g/mol. The minimum atomic E-state index is -1.07. The van der Waals surface area contributed by atoms with Crippen LogP contribution >= 0.6 is 0 Å². The second kappa shape index (κ2) is 4.38. The van der Waals surface area contributed by atoms with Crippen LogP contribution < -0.4 is 0 Å². The fraction of sp³-hybridized carbons (Fsp3) is 0.0667. The van der Waals surface area contributed by atoms with Gasteiger partial charge in [-0.2, -0.15) is 0 Å². The van der Waals surface area contributed by atoms with Gasteiger partial charge >= 0.3 is 5.97 Å². The van der Waals surface area contributed by atoms with Crippen molar-refractivity contribution in [1.29, 1.82) is 0 Å². The molecule has 0 spiro atoms. The van der Waals surface area contributed by atoms with Gasteiger partial charge in [0, 0.05) is 11.3 Å². The summed E-state index contributed by atoms with van der Waals surface area (Å²) in [5, 5.41) is 18.8. The zero-order chi connectivity index (χ0) is 14.3. The summed E-state index contributed by atoms with van der Waals surface area (Å²) in [6.45, 7) is 1.88. The lowest BCUT2D eigenvalue weighted by Gasteiger charge is -2.05. The Kier molecular flexibility index (Phi) is 2.68. The number of aryl methyl sites for hydroxylation is 1. The van der Waals surface area contributed by atoms with Crippen LogP contribution in [0.5, 0.6) is 5.75 Å². The van der Waals surface area contributed by atoms with E-state index in [1.54, 1.807) is 40.8 Å². The molecule has 2 aromatic heterocycles. The number of carboxylic acid groups (broad SMARTS) is 1. The molecule has 5 heteroatoms. The van der Waals surface area contributed by atoms with Crippen LogP contribution in [0.25, 0.3) is 16.9 Å². The number of fused-ring (bicyclic) bond motifs is 1. The molecule has 20 heavy (non-hydrogen) atoms. The van der Waals surface area contributed by atoms with Gasteiger partial charge in [-0.3, -0.25) is 4.40 Å². The Morgan fingerprint density at radius 3 is 2.65 bits per heavy atom. The van der Waals surface area contributed by atoms with Crippen LogP contribution in [0.1, 0.15) is 16.2 Å². The van der Waals surface area contributed by atoms with Crippen LogP contribution in [0.4, 0.5) is 0 Å². The van der Waals surface area contributed by atoms with Gasteiger partial charge in [0.15, 0.2) is 5.69 Å². The van der Waals surface area contributed by atoms with Crippen molar-refractivity contribution >= 4 is 11.5 Å². The molecule has 0 aliphatic carbocycles. The Morgan fingerprint density at radius 1 is 1.20 bits per heavy atom. The molecular formula is C15H12N2O3. The molecule has 1 aromatic carbocycles. The molecule has 0 aliphatic rings. The van der Waals surface area contributed by atoms with Crippen LogP contribution in [0.2, 0.25) is 0 Å². The first-order chi connectivity index (χ1) is 9.58. The molecule has 0 bridgehead atoms. The lowest BCUT2D eigenvalue weighted by atomic mass is 10.2. The molecule has 0 radical (unpaired) electrons. The van der Waals surface area contributed by atoms with Crippen LogP contribution in [-0.4, -0.2) is 25.6 Å². The van der Waals surface area contributed by atoms with E-state index in [0.29, 0.717) is 16.9 Å². The fourth-order valence-electron chi connectivity index (χ4n) is 2.29. The molecule has 0 atom stereocenters. The molecule has 0 saturated heterocycles. The average Bonchev–Trinajstić information content (AvgIpc) is 2.80. The topological polar surface area (TPSA) is 74.8 Å². The first kappa shape index (κ1) is 12.2. The number of carboxylic acids is 1. The quantitative estimate of drug-likeness (QED) is 0.749. The van der Waals surface area contributed by atoms with Crippen molar-refractivity contribution in [3.8, 4) is 17.1 Å². The minimum absolute atomic E-state index is 0.00652. The molecule has 5 nitrogen and oxygen atoms in total. The van der Waals surface area contributed by atoms with E-state index < -0.39 is 5.97 Å². The summed E-state index contributed by atoms with van der Waals surface area (Å²) in [6, 6.07) is 12.0. The van der Waals surface area contributed by atoms with Gasteiger partial charge in [0.2, 0.25) is 0 Å². The predicted molar refractivity (Wildman–Crippen MR) is 74.0 cm³/mol. The SMILES string of the molecule is Cc1cccc2c(C(=O)O)nc(-c3cccc(O)c3)n12. The third-order valence-electron chi connectivity index (χ3n) is 3.16. The van der Waals surface area contributed by atoms with E-state index in [1.807, 2.05) is 13.0 Å². The highest BCUT2D eigenvalue weighted by atomic mass is 16.4. The zero-order valence-electron chi connectivity index (χ0n) is 10.7. The van der Waals surface area contributed by atoms with Crippen LogP contribution in [0.15, 0.2) is 42.5 Å². The lowest BCUT2D eigenvalue weighted by Crippen LogP contribution is -1.97. The summed E-state index contributed by atoms with van der Waals surface area (Å²) in [5.74, 6) is -0.449. The third kappa shape index (κ3) is 1.80. The van der Waals surface area contributed by atoms with E-state index in [2.05, 4.69) is 4.98 Å². The Morgan fingerprint density at radius 2 is 1.95 bits per heavy atom. The van der Waals surface area contributed by atoms with Gasteiger partial charge < -0.3 is 10.2 Å². The summed E-state index contributed by atoms with van der Waals surface area (Å²) in [6.07, 6.45) is 0. The van der Waals surface area contributed by atoms with Gasteiger partial charge in [-0.05, 0) is 31.2 Å². The summed E-state index contributed by atoms with van der Waals surface area (Å²) in [7, 11) is 0. The molecule has 100 valence electrons. The number of rotatable bonds is 2. The number of pyridine rings is 1. The highest BCUT2D eigenvalue weighted by Gasteiger charge is 2.18. The smallest absolute Gasteiger partial charge is 0.356 e. The van der Waals surface area contributed by atoms with E-state index in [0.717, 1.165) is 5.69 Å². The number of aromatic nitrogens is 2. The van der Waals surface area contributed by atoms with E-state index in [1.165, 1.54) is 0 Å².